The Hall–Kier alpha value is -3.43. The van der Waals surface area contributed by atoms with Crippen molar-refractivity contribution in [2.75, 3.05) is 19.6 Å². The molecule has 0 unspecified atom stereocenters. The first-order chi connectivity index (χ1) is 15.8. The van der Waals surface area contributed by atoms with Gasteiger partial charge in [-0.1, -0.05) is 48.0 Å². The predicted octanol–water partition coefficient (Wildman–Crippen LogP) is 2.25. The maximum absolute atomic E-state index is 12.8. The first-order valence-electron chi connectivity index (χ1n) is 10.5. The van der Waals surface area contributed by atoms with Gasteiger partial charge in [-0.25, -0.2) is 13.1 Å². The Morgan fingerprint density at radius 3 is 2.36 bits per heavy atom. The minimum Gasteiger partial charge on any atom is -0.467 e. The van der Waals surface area contributed by atoms with Crippen molar-refractivity contribution in [1.29, 1.82) is 0 Å². The van der Waals surface area contributed by atoms with E-state index in [1.807, 2.05) is 37.3 Å². The number of sulfonamides is 1. The number of hydrogen-bond donors (Lipinski definition) is 2. The number of benzene rings is 2. The smallest absolute Gasteiger partial charge is 0.241 e. The number of hydrogen-bond acceptors (Lipinski definition) is 5. The summed E-state index contributed by atoms with van der Waals surface area (Å²) in [7, 11) is -3.86. The highest BCUT2D eigenvalue weighted by Gasteiger charge is 2.22. The van der Waals surface area contributed by atoms with E-state index in [4.69, 9.17) is 4.42 Å². The average molecular weight is 470 g/mol. The van der Waals surface area contributed by atoms with Gasteiger partial charge in [0.1, 0.15) is 12.3 Å². The molecule has 0 atom stereocenters. The molecule has 0 aliphatic rings. The standard InChI is InChI=1S/C24H27N3O5S/c1-19-9-11-22(12-10-19)33(30,31)26-16-24(29)27(17-21-8-5-15-32-21)18-23(28)25-14-13-20-6-3-2-4-7-20/h2-12,15,26H,13-14,16-18H2,1H3,(H,25,28). The van der Waals surface area contributed by atoms with Gasteiger partial charge in [0.25, 0.3) is 0 Å². The van der Waals surface area contributed by atoms with Gasteiger partial charge >= 0.3 is 0 Å². The van der Waals surface area contributed by atoms with Gasteiger partial charge in [-0.2, -0.15) is 0 Å². The normalized spacial score (nSPS) is 11.2. The second-order valence-corrected chi connectivity index (χ2v) is 9.32. The van der Waals surface area contributed by atoms with Crippen molar-refractivity contribution in [3.8, 4) is 0 Å². The maximum atomic E-state index is 12.8. The number of nitrogens with one attached hydrogen (secondary N) is 2. The monoisotopic (exact) mass is 469 g/mol. The Balaban J connectivity index is 1.58. The van der Waals surface area contributed by atoms with E-state index in [1.165, 1.54) is 23.3 Å². The summed E-state index contributed by atoms with van der Waals surface area (Å²) in [5, 5.41) is 2.80. The molecule has 1 aromatic heterocycles. The van der Waals surface area contributed by atoms with E-state index in [1.54, 1.807) is 24.3 Å². The zero-order valence-electron chi connectivity index (χ0n) is 18.4. The molecule has 0 radical (unpaired) electrons. The van der Waals surface area contributed by atoms with Crippen LogP contribution in [0, 0.1) is 6.92 Å². The first-order valence-corrected chi connectivity index (χ1v) is 12.0. The van der Waals surface area contributed by atoms with Crippen LogP contribution in [0.5, 0.6) is 0 Å². The zero-order valence-corrected chi connectivity index (χ0v) is 19.2. The van der Waals surface area contributed by atoms with Crippen LogP contribution < -0.4 is 10.0 Å². The molecule has 174 valence electrons. The van der Waals surface area contributed by atoms with E-state index in [9.17, 15) is 18.0 Å². The summed E-state index contributed by atoms with van der Waals surface area (Å²) in [6.07, 6.45) is 2.13. The predicted molar refractivity (Wildman–Crippen MR) is 124 cm³/mol. The fourth-order valence-corrected chi connectivity index (χ4v) is 4.09. The first kappa shape index (κ1) is 24.2. The fraction of sp³-hybridized carbons (Fsp3) is 0.250. The number of furan rings is 1. The van der Waals surface area contributed by atoms with Crippen molar-refractivity contribution in [2.24, 2.45) is 0 Å². The summed E-state index contributed by atoms with van der Waals surface area (Å²) in [6.45, 7) is 1.62. The number of rotatable bonds is 11. The highest BCUT2D eigenvalue weighted by molar-refractivity contribution is 7.89. The number of amides is 2. The molecule has 0 spiro atoms. The average Bonchev–Trinajstić information content (AvgIpc) is 3.31. The lowest BCUT2D eigenvalue weighted by atomic mass is 10.1. The van der Waals surface area contributed by atoms with Gasteiger partial charge < -0.3 is 14.6 Å². The van der Waals surface area contributed by atoms with Crippen LogP contribution in [0.2, 0.25) is 0 Å². The molecular weight excluding hydrogens is 442 g/mol. The van der Waals surface area contributed by atoms with Crippen molar-refractivity contribution in [3.05, 3.63) is 89.9 Å². The lowest BCUT2D eigenvalue weighted by Crippen LogP contribution is -2.45. The molecule has 3 rings (SSSR count). The Morgan fingerprint density at radius 2 is 1.70 bits per heavy atom. The van der Waals surface area contributed by atoms with Crippen LogP contribution in [-0.2, 0) is 32.6 Å². The highest BCUT2D eigenvalue weighted by Crippen LogP contribution is 2.10. The second kappa shape index (κ2) is 11.4. The van der Waals surface area contributed by atoms with Crippen LogP contribution in [0.15, 0.2) is 82.3 Å². The minimum absolute atomic E-state index is 0.0458. The second-order valence-electron chi connectivity index (χ2n) is 7.55. The number of nitrogens with zero attached hydrogens (tertiary/aromatic N) is 1. The van der Waals surface area contributed by atoms with Gasteiger partial charge in [-0.05, 0) is 43.2 Å². The van der Waals surface area contributed by atoms with Gasteiger partial charge in [0, 0.05) is 6.54 Å². The van der Waals surface area contributed by atoms with Gasteiger partial charge in [0.2, 0.25) is 21.8 Å². The molecule has 3 aromatic rings. The van der Waals surface area contributed by atoms with Crippen LogP contribution in [-0.4, -0.2) is 44.8 Å². The van der Waals surface area contributed by atoms with Crippen molar-refractivity contribution >= 4 is 21.8 Å². The van der Waals surface area contributed by atoms with E-state index in [0.717, 1.165) is 11.1 Å². The van der Waals surface area contributed by atoms with Crippen molar-refractivity contribution in [2.45, 2.75) is 24.8 Å². The van der Waals surface area contributed by atoms with Gasteiger partial charge in [-0.15, -0.1) is 0 Å². The van der Waals surface area contributed by atoms with E-state index < -0.39 is 22.5 Å². The van der Waals surface area contributed by atoms with Crippen LogP contribution in [0.4, 0.5) is 0 Å². The quantitative estimate of drug-likeness (QED) is 0.448. The maximum Gasteiger partial charge on any atom is 0.241 e. The summed E-state index contributed by atoms with van der Waals surface area (Å²) in [5.74, 6) is -0.394. The van der Waals surface area contributed by atoms with Crippen LogP contribution >= 0.6 is 0 Å². The lowest BCUT2D eigenvalue weighted by molar-refractivity contribution is -0.135. The highest BCUT2D eigenvalue weighted by atomic mass is 32.2. The molecule has 2 N–H and O–H groups in total. The topological polar surface area (TPSA) is 109 Å². The van der Waals surface area contributed by atoms with Gasteiger partial charge in [-0.3, -0.25) is 9.59 Å². The number of carbonyl (C=O) groups excluding carboxylic acids is 2. The molecule has 1 heterocycles. The molecule has 0 aliphatic heterocycles. The van der Waals surface area contributed by atoms with Gasteiger partial charge in [0.05, 0.1) is 24.2 Å². The van der Waals surface area contributed by atoms with Crippen LogP contribution in [0.3, 0.4) is 0 Å². The Labute approximate surface area is 193 Å². The molecule has 0 saturated carbocycles. The Morgan fingerprint density at radius 1 is 0.970 bits per heavy atom. The minimum atomic E-state index is -3.86. The van der Waals surface area contributed by atoms with E-state index in [0.29, 0.717) is 18.7 Å². The van der Waals surface area contributed by atoms with E-state index in [2.05, 4.69) is 10.0 Å². The van der Waals surface area contributed by atoms with Gasteiger partial charge in [0.15, 0.2) is 0 Å². The molecule has 0 aliphatic carbocycles. The van der Waals surface area contributed by atoms with Crippen molar-refractivity contribution in [3.63, 3.8) is 0 Å². The summed E-state index contributed by atoms with van der Waals surface area (Å²) < 4.78 is 32.6. The van der Waals surface area contributed by atoms with E-state index in [-0.39, 0.29) is 23.9 Å². The molecule has 0 saturated heterocycles. The number of aryl methyl sites for hydroxylation is 1. The number of carbonyl (C=O) groups is 2. The third kappa shape index (κ3) is 7.58. The molecule has 33 heavy (non-hydrogen) atoms. The van der Waals surface area contributed by atoms with Crippen molar-refractivity contribution in [1.82, 2.24) is 14.9 Å². The van der Waals surface area contributed by atoms with Crippen molar-refractivity contribution < 1.29 is 22.4 Å². The van der Waals surface area contributed by atoms with Crippen LogP contribution in [0.25, 0.3) is 0 Å². The third-order valence-electron chi connectivity index (χ3n) is 4.94. The SMILES string of the molecule is Cc1ccc(S(=O)(=O)NCC(=O)N(CC(=O)NCCc2ccccc2)Cc2ccco2)cc1. The molecule has 0 fully saturated rings. The van der Waals surface area contributed by atoms with E-state index >= 15 is 0 Å². The summed E-state index contributed by atoms with van der Waals surface area (Å²) in [5.41, 5.74) is 2.01. The lowest BCUT2D eigenvalue weighted by Gasteiger charge is -2.21. The summed E-state index contributed by atoms with van der Waals surface area (Å²) in [4.78, 5) is 26.6. The molecule has 2 aromatic carbocycles. The fourth-order valence-electron chi connectivity index (χ4n) is 3.11. The molecular formula is C24H27N3O5S. The summed E-state index contributed by atoms with van der Waals surface area (Å²) in [6, 6.07) is 19.4. The zero-order chi connectivity index (χ0) is 23.7. The summed E-state index contributed by atoms with van der Waals surface area (Å²) >= 11 is 0. The largest absolute Gasteiger partial charge is 0.467 e. The molecule has 8 nitrogen and oxygen atoms in total. The van der Waals surface area contributed by atoms with Crippen LogP contribution in [0.1, 0.15) is 16.9 Å². The Bertz CT molecular complexity index is 1140. The molecule has 0 bridgehead atoms. The molecule has 2 amide bonds. The Kier molecular flexibility index (Phi) is 8.39. The molecule has 9 heteroatoms. The third-order valence-corrected chi connectivity index (χ3v) is 6.35.